The van der Waals surface area contributed by atoms with Gasteiger partial charge in [0.2, 0.25) is 15.9 Å². The summed E-state index contributed by atoms with van der Waals surface area (Å²) in [5, 5.41) is 3.82. The molecular weight excluding hydrogens is 420 g/mol. The molecule has 2 fully saturated rings. The van der Waals surface area contributed by atoms with Crippen molar-refractivity contribution >= 4 is 20.0 Å². The third-order valence-corrected chi connectivity index (χ3v) is 9.35. The second kappa shape index (κ2) is 6.59. The predicted octanol–water partition coefficient (Wildman–Crippen LogP) is -0.140. The lowest BCUT2D eigenvalue weighted by Gasteiger charge is -2.48. The van der Waals surface area contributed by atoms with E-state index in [4.69, 9.17) is 4.52 Å². The third kappa shape index (κ3) is 3.20. The molecule has 0 radical (unpaired) electrons. The Balaban J connectivity index is 1.64. The molecule has 0 amide bonds. The fourth-order valence-corrected chi connectivity index (χ4v) is 6.89. The summed E-state index contributed by atoms with van der Waals surface area (Å²) < 4.78 is 60.6. The lowest BCUT2D eigenvalue weighted by molar-refractivity contribution is 0.0590. The number of aryl methyl sites for hydroxylation is 3. The molecule has 2 aromatic heterocycles. The van der Waals surface area contributed by atoms with Gasteiger partial charge in [0.25, 0.3) is 10.0 Å². The molecule has 0 aliphatic carbocycles. The van der Waals surface area contributed by atoms with E-state index in [9.17, 15) is 16.8 Å². The fourth-order valence-electron chi connectivity index (χ4n) is 4.04. The molecule has 2 saturated heterocycles. The molecule has 1 spiro atoms. The molecule has 29 heavy (non-hydrogen) atoms. The first-order valence-corrected chi connectivity index (χ1v) is 12.3. The van der Waals surface area contributed by atoms with Gasteiger partial charge in [-0.25, -0.2) is 26.1 Å². The number of imidazole rings is 1. The maximum atomic E-state index is 13.0. The van der Waals surface area contributed by atoms with E-state index in [1.54, 1.807) is 32.4 Å². The van der Waals surface area contributed by atoms with Crippen molar-refractivity contribution in [3.63, 3.8) is 0 Å². The van der Waals surface area contributed by atoms with Crippen molar-refractivity contribution in [1.29, 1.82) is 0 Å². The Kier molecular flexibility index (Phi) is 4.64. The van der Waals surface area contributed by atoms with E-state index < -0.39 is 25.5 Å². The van der Waals surface area contributed by atoms with Crippen LogP contribution in [0.2, 0.25) is 0 Å². The molecule has 2 aliphatic rings. The van der Waals surface area contributed by atoms with Gasteiger partial charge in [-0.05, 0) is 20.8 Å². The Bertz CT molecular complexity index is 1130. The number of nitrogens with zero attached hydrogens (tertiary/aromatic N) is 6. The van der Waals surface area contributed by atoms with Crippen LogP contribution in [0.1, 0.15) is 30.4 Å². The average molecular weight is 445 g/mol. The van der Waals surface area contributed by atoms with Crippen LogP contribution in [0.5, 0.6) is 0 Å². The van der Waals surface area contributed by atoms with Crippen LogP contribution in [-0.4, -0.2) is 77.1 Å². The first-order chi connectivity index (χ1) is 13.5. The Morgan fingerprint density at radius 2 is 1.79 bits per heavy atom. The quantitative estimate of drug-likeness (QED) is 0.623. The Morgan fingerprint density at radius 1 is 1.14 bits per heavy atom. The van der Waals surface area contributed by atoms with Crippen LogP contribution in [0.15, 0.2) is 15.7 Å². The number of hydrogen-bond acceptors (Lipinski definition) is 8. The molecular formula is C16H24N6O5S2. The maximum Gasteiger partial charge on any atom is 0.262 e. The molecule has 1 unspecified atom stereocenters. The molecule has 2 aliphatic heterocycles. The van der Waals surface area contributed by atoms with Crippen LogP contribution in [0.3, 0.4) is 0 Å². The van der Waals surface area contributed by atoms with Crippen LogP contribution in [-0.2, 0) is 27.1 Å². The maximum absolute atomic E-state index is 13.0. The van der Waals surface area contributed by atoms with Crippen LogP contribution in [0, 0.1) is 19.3 Å². The normalized spacial score (nSPS) is 23.0. The van der Waals surface area contributed by atoms with Gasteiger partial charge in [-0.2, -0.15) is 9.29 Å². The van der Waals surface area contributed by atoms with Crippen molar-refractivity contribution in [2.45, 2.75) is 31.7 Å². The molecule has 11 nitrogen and oxygen atoms in total. The molecule has 4 heterocycles. The zero-order valence-electron chi connectivity index (χ0n) is 16.7. The molecule has 2 aromatic rings. The third-order valence-electron chi connectivity index (χ3n) is 5.89. The second-order valence-electron chi connectivity index (χ2n) is 7.80. The predicted molar refractivity (Wildman–Crippen MR) is 102 cm³/mol. The SMILES string of the molecule is CCS(=O)(=O)N1CC(c2nc(C)no2)C2(C1)CN(S(=O)(=O)c1cn(C)c(C)n1)C2. The summed E-state index contributed by atoms with van der Waals surface area (Å²) in [6.07, 6.45) is 1.48. The zero-order chi connectivity index (χ0) is 21.2. The number of hydrogen-bond donors (Lipinski definition) is 0. The van der Waals surface area contributed by atoms with Gasteiger partial charge in [0, 0.05) is 44.8 Å². The summed E-state index contributed by atoms with van der Waals surface area (Å²) in [4.78, 5) is 8.42. The molecule has 160 valence electrons. The highest BCUT2D eigenvalue weighted by Gasteiger charge is 2.61. The molecule has 0 bridgehead atoms. The topological polar surface area (TPSA) is 132 Å². The lowest BCUT2D eigenvalue weighted by Crippen LogP contribution is -2.61. The van der Waals surface area contributed by atoms with Gasteiger partial charge in [0.05, 0.1) is 11.7 Å². The van der Waals surface area contributed by atoms with Crippen LogP contribution >= 0.6 is 0 Å². The van der Waals surface area contributed by atoms with Gasteiger partial charge in [0.1, 0.15) is 5.82 Å². The van der Waals surface area contributed by atoms with E-state index in [-0.39, 0.29) is 42.9 Å². The molecule has 0 saturated carbocycles. The molecule has 0 N–H and O–H groups in total. The van der Waals surface area contributed by atoms with E-state index in [0.717, 1.165) is 0 Å². The van der Waals surface area contributed by atoms with E-state index in [1.165, 1.54) is 14.8 Å². The Hall–Kier alpha value is -1.83. The minimum absolute atomic E-state index is 0.00596. The Morgan fingerprint density at radius 3 is 2.31 bits per heavy atom. The van der Waals surface area contributed by atoms with Crippen molar-refractivity contribution in [3.8, 4) is 0 Å². The van der Waals surface area contributed by atoms with Crippen molar-refractivity contribution in [1.82, 2.24) is 28.3 Å². The Labute approximate surface area is 169 Å². The van der Waals surface area contributed by atoms with Gasteiger partial charge in [-0.3, -0.25) is 0 Å². The van der Waals surface area contributed by atoms with Crippen LogP contribution < -0.4 is 0 Å². The number of rotatable bonds is 5. The lowest BCUT2D eigenvalue weighted by atomic mass is 9.73. The highest BCUT2D eigenvalue weighted by atomic mass is 32.2. The van der Waals surface area contributed by atoms with Gasteiger partial charge < -0.3 is 9.09 Å². The minimum Gasteiger partial charge on any atom is -0.339 e. The summed E-state index contributed by atoms with van der Waals surface area (Å²) >= 11 is 0. The first-order valence-electron chi connectivity index (χ1n) is 9.27. The average Bonchev–Trinajstić information content (AvgIpc) is 3.31. The van der Waals surface area contributed by atoms with Gasteiger partial charge in [0.15, 0.2) is 10.9 Å². The van der Waals surface area contributed by atoms with E-state index in [2.05, 4.69) is 15.1 Å². The molecule has 0 aromatic carbocycles. The van der Waals surface area contributed by atoms with Crippen LogP contribution in [0.25, 0.3) is 0 Å². The summed E-state index contributed by atoms with van der Waals surface area (Å²) in [5.74, 6) is 1.02. The van der Waals surface area contributed by atoms with Gasteiger partial charge >= 0.3 is 0 Å². The second-order valence-corrected chi connectivity index (χ2v) is 11.9. The highest BCUT2D eigenvalue weighted by Crippen LogP contribution is 2.50. The standard InChI is InChI=1S/C16H24N6O5S2/c1-5-28(23,24)21-6-13(15-17-11(2)19-27-15)16(8-21)9-22(10-16)29(25,26)14-7-20(4)12(3)18-14/h7,13H,5-6,8-10H2,1-4H3. The molecule has 1 atom stereocenters. The van der Waals surface area contributed by atoms with E-state index >= 15 is 0 Å². The molecule has 13 heteroatoms. The summed E-state index contributed by atoms with van der Waals surface area (Å²) in [6, 6.07) is 0. The van der Waals surface area contributed by atoms with Crippen molar-refractivity contribution in [2.24, 2.45) is 12.5 Å². The van der Waals surface area contributed by atoms with E-state index in [0.29, 0.717) is 17.5 Å². The van der Waals surface area contributed by atoms with Gasteiger partial charge in [-0.15, -0.1) is 0 Å². The monoisotopic (exact) mass is 444 g/mol. The summed E-state index contributed by atoms with van der Waals surface area (Å²) in [6.45, 7) is 5.79. The number of sulfonamides is 2. The van der Waals surface area contributed by atoms with E-state index in [1.807, 2.05) is 0 Å². The molecule has 4 rings (SSSR count). The first kappa shape index (κ1) is 20.4. The van der Waals surface area contributed by atoms with Crippen LogP contribution in [0.4, 0.5) is 0 Å². The van der Waals surface area contributed by atoms with Gasteiger partial charge in [-0.1, -0.05) is 5.16 Å². The zero-order valence-corrected chi connectivity index (χ0v) is 18.4. The minimum atomic E-state index is -3.76. The van der Waals surface area contributed by atoms with Crippen molar-refractivity contribution in [3.05, 3.63) is 23.7 Å². The number of aromatic nitrogens is 4. The fraction of sp³-hybridized carbons (Fsp3) is 0.688. The smallest absolute Gasteiger partial charge is 0.262 e. The largest absolute Gasteiger partial charge is 0.339 e. The summed E-state index contributed by atoms with van der Waals surface area (Å²) in [7, 11) is -5.45. The summed E-state index contributed by atoms with van der Waals surface area (Å²) in [5.41, 5.74) is -0.599. The van der Waals surface area contributed by atoms with Crippen molar-refractivity contribution in [2.75, 3.05) is 31.9 Å². The highest BCUT2D eigenvalue weighted by molar-refractivity contribution is 7.89. The van der Waals surface area contributed by atoms with Crippen molar-refractivity contribution < 1.29 is 21.4 Å².